The van der Waals surface area contributed by atoms with Crippen molar-refractivity contribution in [3.05, 3.63) is 173 Å². The molecule has 3 aromatic heterocycles. The molecule has 3 unspecified atom stereocenters. The lowest BCUT2D eigenvalue weighted by Gasteiger charge is -2.33. The monoisotopic (exact) mass is 1000 g/mol. The van der Waals surface area contributed by atoms with E-state index in [9.17, 15) is 0 Å². The van der Waals surface area contributed by atoms with Crippen molar-refractivity contribution in [2.24, 2.45) is 5.92 Å². The van der Waals surface area contributed by atoms with Crippen molar-refractivity contribution in [2.45, 2.75) is 160 Å². The third-order valence-corrected chi connectivity index (χ3v) is 21.3. The number of aryl methyl sites for hydroxylation is 1. The lowest BCUT2D eigenvalue weighted by atomic mass is 9.77. The minimum absolute atomic E-state index is 0.182. The molecule has 0 N–H and O–H groups in total. The Morgan fingerprint density at radius 1 is 0.720 bits per heavy atom. The van der Waals surface area contributed by atoms with Crippen LogP contribution in [-0.2, 0) is 12.8 Å². The predicted molar refractivity (Wildman–Crippen MR) is 314 cm³/mol. The van der Waals surface area contributed by atoms with E-state index in [1.165, 1.54) is 165 Å². The van der Waals surface area contributed by atoms with Crippen LogP contribution < -0.4 is 14.3 Å². The molecule has 0 amide bonds. The average molecular weight is 1000 g/mol. The minimum Gasteiger partial charge on any atom is -0.455 e. The van der Waals surface area contributed by atoms with Crippen molar-refractivity contribution < 1.29 is 13.6 Å². The first-order valence-electron chi connectivity index (χ1n) is 29.2. The Kier molecular flexibility index (Phi) is 11.4. The molecule has 378 valence electrons. The Morgan fingerprint density at radius 3 is 2.25 bits per heavy atom. The summed E-state index contributed by atoms with van der Waals surface area (Å²) in [5, 5.41) is 4.06. The molecule has 0 saturated heterocycles. The smallest absolute Gasteiger partial charge is 0.304 e. The number of pyridine rings is 1. The molecule has 3 atom stereocenters. The van der Waals surface area contributed by atoms with Crippen molar-refractivity contribution in [3.8, 4) is 39.5 Å². The Labute approximate surface area is 446 Å². The first kappa shape index (κ1) is 47.2. The van der Waals surface area contributed by atoms with Gasteiger partial charge in [-0.25, -0.2) is 0 Å². The van der Waals surface area contributed by atoms with E-state index in [0.717, 1.165) is 42.0 Å². The zero-order valence-corrected chi connectivity index (χ0v) is 46.4. The second-order valence-electron chi connectivity index (χ2n) is 25.2. The number of fused-ring (bicyclic) bond motifs is 17. The lowest BCUT2D eigenvalue weighted by molar-refractivity contribution is -0.716. The highest BCUT2D eigenvalue weighted by molar-refractivity contribution is 6.89. The molecular formula is C70H75N3OSi+2. The van der Waals surface area contributed by atoms with Crippen LogP contribution in [0.25, 0.3) is 78.1 Å². The van der Waals surface area contributed by atoms with E-state index in [-0.39, 0.29) is 23.8 Å². The highest BCUT2D eigenvalue weighted by atomic mass is 28.3. The largest absolute Gasteiger partial charge is 0.455 e. The van der Waals surface area contributed by atoms with Crippen LogP contribution in [-0.4, -0.2) is 12.6 Å². The van der Waals surface area contributed by atoms with Gasteiger partial charge in [-0.05, 0) is 114 Å². The molecule has 0 radical (unpaired) electrons. The number of hydrogen-bond donors (Lipinski definition) is 0. The summed E-state index contributed by atoms with van der Waals surface area (Å²) in [6, 6.07) is 47.6. The Morgan fingerprint density at radius 2 is 1.47 bits per heavy atom. The molecule has 2 fully saturated rings. The summed E-state index contributed by atoms with van der Waals surface area (Å²) in [5.41, 5.74) is 23.6. The van der Waals surface area contributed by atoms with E-state index in [1.807, 2.05) is 0 Å². The minimum atomic E-state index is -1.77. The number of hydrogen-bond acceptors (Lipinski definition) is 1. The second kappa shape index (κ2) is 18.2. The summed E-state index contributed by atoms with van der Waals surface area (Å²) in [5.74, 6) is 3.31. The van der Waals surface area contributed by atoms with E-state index in [4.69, 9.17) is 11.0 Å². The topological polar surface area (TPSA) is 25.8 Å². The standard InChI is InChI=1S/C70H75N3OSi/c1-43(2)59-38-51(48-24-15-10-16-25-48)39-60-45(4)53-28-19-29-61-68(53)73(67(59)60)70-66-49(31-35-58-57-34-32-50(41-64(57)74-69(58)66)47-22-13-9-14-23-47)30-33-56-54-26-17-18-27-55(54)63-40-52(37-46-20-11-8-12-21-46)65(75(5,6)7)42-71(63)62(56)36-44(3)72(61)70/h10,15-19,24-29,31-32,34-35,38-43,45-47,56,62H,3,8-9,11-14,20-23,30,33,36-37H2,1-2,4-7H3/q+2. The summed E-state index contributed by atoms with van der Waals surface area (Å²) >= 11 is 0. The summed E-state index contributed by atoms with van der Waals surface area (Å²) in [6.45, 7) is 20.3. The summed E-state index contributed by atoms with van der Waals surface area (Å²) in [4.78, 5) is 0. The van der Waals surface area contributed by atoms with Crippen molar-refractivity contribution >= 4 is 51.9 Å². The van der Waals surface area contributed by atoms with Crippen LogP contribution in [0.1, 0.15) is 166 Å². The van der Waals surface area contributed by atoms with Crippen LogP contribution in [0.5, 0.6) is 0 Å². The van der Waals surface area contributed by atoms with Crippen molar-refractivity contribution in [2.75, 3.05) is 0 Å². The van der Waals surface area contributed by atoms with Crippen LogP contribution in [0.3, 0.4) is 0 Å². The Balaban J connectivity index is 1.04. The van der Waals surface area contributed by atoms with Crippen LogP contribution in [0.15, 0.2) is 139 Å². The molecule has 9 aromatic rings. The number of nitrogens with zero attached hydrogens (tertiary/aromatic N) is 3. The molecule has 6 aromatic carbocycles. The van der Waals surface area contributed by atoms with Gasteiger partial charge in [0.2, 0.25) is 5.69 Å². The van der Waals surface area contributed by atoms with Gasteiger partial charge in [0.15, 0.2) is 28.9 Å². The maximum Gasteiger partial charge on any atom is 0.304 e. The van der Waals surface area contributed by atoms with E-state index in [1.54, 1.807) is 10.8 Å². The molecule has 2 saturated carbocycles. The number of benzene rings is 6. The molecule has 3 aliphatic heterocycles. The maximum absolute atomic E-state index is 7.51. The van der Waals surface area contributed by atoms with Crippen LogP contribution in [0, 0.1) is 5.92 Å². The SMILES string of the molecule is C=C1CC2C(CCc3ccc4c(oc5cc(C6CCCCC6)ccc54)c3-c3n1c1cccc4c1[n+]3-c1c(C(C)C)cc(-c3ccccc3)cc1C4C)c1ccccc1-c1cc(CC3CCCCC3)c([Si](C)(C)C)c[n+]12. The van der Waals surface area contributed by atoms with Gasteiger partial charge in [-0.1, -0.05) is 183 Å². The summed E-state index contributed by atoms with van der Waals surface area (Å²) in [7, 11) is -1.77. The van der Waals surface area contributed by atoms with Crippen LogP contribution in [0.2, 0.25) is 19.6 Å². The first-order valence-corrected chi connectivity index (χ1v) is 32.7. The Hall–Kier alpha value is -6.30. The number of aromatic nitrogens is 3. The molecule has 2 aliphatic carbocycles. The maximum atomic E-state index is 7.51. The van der Waals surface area contributed by atoms with Gasteiger partial charge in [-0.15, -0.1) is 0 Å². The van der Waals surface area contributed by atoms with Crippen molar-refractivity contribution in [1.82, 2.24) is 4.57 Å². The molecule has 0 bridgehead atoms. The van der Waals surface area contributed by atoms with Crippen molar-refractivity contribution in [3.63, 3.8) is 0 Å². The zero-order valence-electron chi connectivity index (χ0n) is 45.4. The normalized spacial score (nSPS) is 19.9. The summed E-state index contributed by atoms with van der Waals surface area (Å²) < 4.78 is 15.6. The molecule has 14 rings (SSSR count). The van der Waals surface area contributed by atoms with Crippen LogP contribution >= 0.6 is 0 Å². The fourth-order valence-electron chi connectivity index (χ4n) is 15.5. The zero-order chi connectivity index (χ0) is 50.9. The van der Waals surface area contributed by atoms with Gasteiger partial charge >= 0.3 is 5.82 Å². The number of furan rings is 1. The number of para-hydroxylation sites is 1. The average Bonchev–Trinajstić information content (AvgIpc) is 4.17. The predicted octanol–water partition coefficient (Wildman–Crippen LogP) is 17.6. The number of rotatable bonds is 6. The second-order valence-corrected chi connectivity index (χ2v) is 30.2. The van der Waals surface area contributed by atoms with Gasteiger partial charge in [0.25, 0.3) is 0 Å². The first-order chi connectivity index (χ1) is 36.5. The third kappa shape index (κ3) is 7.63. The molecule has 5 aliphatic rings. The van der Waals surface area contributed by atoms with Gasteiger partial charge in [0.1, 0.15) is 22.5 Å². The molecule has 4 nitrogen and oxygen atoms in total. The molecule has 75 heavy (non-hydrogen) atoms. The van der Waals surface area contributed by atoms with E-state index in [2.05, 4.69) is 182 Å². The van der Waals surface area contributed by atoms with Crippen LogP contribution in [0.4, 0.5) is 0 Å². The highest BCUT2D eigenvalue weighted by Crippen LogP contribution is 2.51. The third-order valence-electron chi connectivity index (χ3n) is 19.2. The van der Waals surface area contributed by atoms with E-state index >= 15 is 0 Å². The van der Waals surface area contributed by atoms with Gasteiger partial charge in [0.05, 0.1) is 14.5 Å². The number of imidazole rings is 1. The molecular weight excluding hydrogens is 927 g/mol. The Bertz CT molecular complexity index is 3760. The highest BCUT2D eigenvalue weighted by Gasteiger charge is 2.47. The fourth-order valence-corrected chi connectivity index (χ4v) is 17.1. The van der Waals surface area contributed by atoms with Crippen molar-refractivity contribution in [1.29, 1.82) is 0 Å². The molecule has 6 heterocycles. The number of allylic oxidation sites excluding steroid dienone is 1. The lowest BCUT2D eigenvalue weighted by Crippen LogP contribution is -2.54. The van der Waals surface area contributed by atoms with E-state index < -0.39 is 8.07 Å². The summed E-state index contributed by atoms with van der Waals surface area (Å²) in [6.07, 6.45) is 20.1. The fraction of sp³-hybridized carbons (Fsp3) is 0.371. The van der Waals surface area contributed by atoms with Gasteiger partial charge in [-0.2, -0.15) is 13.7 Å². The van der Waals surface area contributed by atoms with Gasteiger partial charge in [-0.3, -0.25) is 0 Å². The quantitative estimate of drug-likeness (QED) is 0.120. The molecule has 5 heteroatoms. The van der Waals surface area contributed by atoms with E-state index in [0.29, 0.717) is 5.92 Å². The molecule has 0 spiro atoms. The van der Waals surface area contributed by atoms with Gasteiger partial charge in [0, 0.05) is 56.1 Å². The van der Waals surface area contributed by atoms with Gasteiger partial charge < -0.3 is 4.42 Å².